The molecule has 4 aliphatic rings. The number of Topliss-reactive ketones (excluding diaryl/α,β-unsaturated/α-hetero) is 2. The predicted octanol–water partition coefficient (Wildman–Crippen LogP) is 6.01. The number of hydrogen-bond donors (Lipinski definition) is 1. The van der Waals surface area contributed by atoms with Crippen LogP contribution in [-0.2, 0) is 19.2 Å². The molecule has 6 rings (SSSR count). The van der Waals surface area contributed by atoms with Crippen LogP contribution in [0.15, 0.2) is 59.2 Å². The van der Waals surface area contributed by atoms with E-state index >= 15 is 0 Å². The lowest BCUT2D eigenvalue weighted by molar-refractivity contribution is -0.142. The summed E-state index contributed by atoms with van der Waals surface area (Å²) in [5, 5.41) is 11.0. The van der Waals surface area contributed by atoms with Crippen molar-refractivity contribution in [1.82, 2.24) is 0 Å². The second-order valence-corrected chi connectivity index (χ2v) is 12.6. The molecule has 7 heteroatoms. The summed E-state index contributed by atoms with van der Waals surface area (Å²) in [6.45, 7) is 8.97. The van der Waals surface area contributed by atoms with Crippen LogP contribution >= 0.6 is 11.6 Å². The Hall–Kier alpha value is -3.51. The number of imide groups is 1. The lowest BCUT2D eigenvalue weighted by Crippen LogP contribution is -2.55. The van der Waals surface area contributed by atoms with Crippen molar-refractivity contribution in [2.24, 2.45) is 29.1 Å². The van der Waals surface area contributed by atoms with Gasteiger partial charge in [-0.15, -0.1) is 0 Å². The molecule has 0 radical (unpaired) electrons. The number of benzene rings is 2. The Morgan fingerprint density at radius 3 is 2.15 bits per heavy atom. The maximum Gasteiger partial charge on any atom is 0.238 e. The number of rotatable bonds is 2. The van der Waals surface area contributed by atoms with Gasteiger partial charge in [0.2, 0.25) is 11.8 Å². The number of nitrogens with zero attached hydrogens (tertiary/aromatic N) is 1. The van der Waals surface area contributed by atoms with Gasteiger partial charge in [-0.1, -0.05) is 42.3 Å². The number of aromatic hydroxyl groups is 1. The van der Waals surface area contributed by atoms with Gasteiger partial charge in [0.15, 0.2) is 11.6 Å². The average molecular weight is 558 g/mol. The molecule has 40 heavy (non-hydrogen) atoms. The monoisotopic (exact) mass is 557 g/mol. The molecule has 1 N–H and O–H groups in total. The number of allylic oxidation sites excluding steroid dienone is 4. The number of amides is 2. The zero-order valence-corrected chi connectivity index (χ0v) is 24.0. The van der Waals surface area contributed by atoms with Crippen molar-refractivity contribution >= 4 is 40.7 Å². The third-order valence-electron chi connectivity index (χ3n) is 10.1. The van der Waals surface area contributed by atoms with Crippen LogP contribution in [0.3, 0.4) is 0 Å². The highest BCUT2D eigenvalue weighted by molar-refractivity contribution is 6.31. The zero-order valence-electron chi connectivity index (χ0n) is 23.2. The number of phenolic OH excluding ortho intramolecular Hbond substituents is 1. The van der Waals surface area contributed by atoms with Crippen LogP contribution in [0.25, 0.3) is 0 Å². The predicted molar refractivity (Wildman–Crippen MR) is 152 cm³/mol. The molecule has 0 aromatic heterocycles. The van der Waals surface area contributed by atoms with Gasteiger partial charge in [0, 0.05) is 16.9 Å². The average Bonchev–Trinajstić information content (AvgIpc) is 3.18. The van der Waals surface area contributed by atoms with Crippen molar-refractivity contribution in [3.05, 3.63) is 80.9 Å². The highest BCUT2D eigenvalue weighted by Crippen LogP contribution is 2.63. The lowest BCUT2D eigenvalue weighted by Gasteiger charge is -2.54. The van der Waals surface area contributed by atoms with Gasteiger partial charge < -0.3 is 5.11 Å². The standard InChI is InChI=1S/C33H32ClNO5/c1-15-12-19(13-16(2)28(15)36)27-22-10-11-23-26(32(40)35(31(23)39)21-8-6-20(34)7-9-21)24(22)14-25-29(37)17(3)18(4)30(38)33(25,27)5/h6-10,12-13,23-27,36H,11,14H2,1-5H3/t23-,24+,25-,26-,27-,33+/m0/s1. The van der Waals surface area contributed by atoms with Gasteiger partial charge in [-0.25, -0.2) is 0 Å². The molecule has 206 valence electrons. The lowest BCUT2D eigenvalue weighted by atomic mass is 9.46. The second kappa shape index (κ2) is 9.00. The summed E-state index contributed by atoms with van der Waals surface area (Å²) < 4.78 is 0. The summed E-state index contributed by atoms with van der Waals surface area (Å²) in [5.41, 5.74) is 3.54. The highest BCUT2D eigenvalue weighted by atomic mass is 35.5. The Morgan fingerprint density at radius 1 is 0.900 bits per heavy atom. The van der Waals surface area contributed by atoms with Gasteiger partial charge in [-0.2, -0.15) is 0 Å². The smallest absolute Gasteiger partial charge is 0.238 e. The van der Waals surface area contributed by atoms with Gasteiger partial charge in [0.25, 0.3) is 0 Å². The number of halogens is 1. The van der Waals surface area contributed by atoms with E-state index in [2.05, 4.69) is 0 Å². The third kappa shape index (κ3) is 3.48. The van der Waals surface area contributed by atoms with Crippen molar-refractivity contribution in [1.29, 1.82) is 0 Å². The first-order valence-corrected chi connectivity index (χ1v) is 14.2. The van der Waals surface area contributed by atoms with Crippen LogP contribution in [0.1, 0.15) is 56.2 Å². The summed E-state index contributed by atoms with van der Waals surface area (Å²) in [4.78, 5) is 56.9. The molecule has 6 nitrogen and oxygen atoms in total. The van der Waals surface area contributed by atoms with Crippen LogP contribution in [0.2, 0.25) is 5.02 Å². The normalized spacial score (nSPS) is 31.7. The topological polar surface area (TPSA) is 91.8 Å². The summed E-state index contributed by atoms with van der Waals surface area (Å²) in [7, 11) is 0. The second-order valence-electron chi connectivity index (χ2n) is 12.1. The molecule has 2 aromatic rings. The summed E-state index contributed by atoms with van der Waals surface area (Å²) in [5.74, 6) is -3.05. The van der Waals surface area contributed by atoms with Crippen LogP contribution in [0, 0.1) is 42.9 Å². The molecule has 2 amide bonds. The van der Waals surface area contributed by atoms with Crippen molar-refractivity contribution in [3.8, 4) is 5.75 Å². The molecule has 3 aliphatic carbocycles. The molecular weight excluding hydrogens is 526 g/mol. The van der Waals surface area contributed by atoms with Gasteiger partial charge in [-0.05, 0) is 98.6 Å². The van der Waals surface area contributed by atoms with Crippen LogP contribution in [-0.4, -0.2) is 28.5 Å². The van der Waals surface area contributed by atoms with E-state index in [0.29, 0.717) is 45.8 Å². The van der Waals surface area contributed by atoms with E-state index < -0.39 is 29.1 Å². The first-order chi connectivity index (χ1) is 18.9. The number of carbonyl (C=O) groups is 4. The molecule has 0 unspecified atom stereocenters. The Kier molecular flexibility index (Phi) is 6.01. The zero-order chi connectivity index (χ0) is 28.8. The van der Waals surface area contributed by atoms with Gasteiger partial charge in [0.1, 0.15) is 5.75 Å². The van der Waals surface area contributed by atoms with E-state index in [1.807, 2.05) is 39.0 Å². The number of fused-ring (bicyclic) bond motifs is 4. The highest BCUT2D eigenvalue weighted by Gasteiger charge is 2.64. The van der Waals surface area contributed by atoms with Crippen molar-refractivity contribution in [2.45, 2.75) is 53.4 Å². The molecule has 6 atom stereocenters. The maximum absolute atomic E-state index is 14.1. The number of anilines is 1. The molecule has 2 fully saturated rings. The third-order valence-corrected chi connectivity index (χ3v) is 10.4. The summed E-state index contributed by atoms with van der Waals surface area (Å²) in [6, 6.07) is 10.4. The van der Waals surface area contributed by atoms with Gasteiger partial charge >= 0.3 is 0 Å². The number of ketones is 2. The minimum absolute atomic E-state index is 0.0546. The van der Waals surface area contributed by atoms with Crippen LogP contribution in [0.4, 0.5) is 5.69 Å². The van der Waals surface area contributed by atoms with E-state index in [-0.39, 0.29) is 35.0 Å². The summed E-state index contributed by atoms with van der Waals surface area (Å²) in [6.07, 6.45) is 2.76. The SMILES string of the molecule is CC1=C(C)C(=O)[C@@]2(C)[C@@H](c3cc(C)c(O)c(C)c3)C3=CC[C@@H]4C(=O)N(c5ccc(Cl)cc5)C(=O)[C@@H]4[C@@H]3C[C@H]2C1=O. The van der Waals surface area contributed by atoms with E-state index in [4.69, 9.17) is 11.6 Å². The Balaban J connectivity index is 1.53. The fourth-order valence-corrected chi connectivity index (χ4v) is 8.09. The first kappa shape index (κ1) is 26.7. The van der Waals surface area contributed by atoms with Crippen molar-refractivity contribution < 1.29 is 24.3 Å². The number of phenols is 1. The molecule has 1 saturated heterocycles. The number of carbonyl (C=O) groups excluding carboxylic acids is 4. The molecule has 2 aromatic carbocycles. The number of aryl methyl sites for hydroxylation is 2. The van der Waals surface area contributed by atoms with Crippen LogP contribution in [0.5, 0.6) is 5.75 Å². The molecule has 1 aliphatic heterocycles. The number of hydrogen-bond acceptors (Lipinski definition) is 5. The van der Waals surface area contributed by atoms with Gasteiger partial charge in [0.05, 0.1) is 22.9 Å². The molecule has 1 heterocycles. The minimum Gasteiger partial charge on any atom is -0.507 e. The fourth-order valence-electron chi connectivity index (χ4n) is 7.96. The van der Waals surface area contributed by atoms with Crippen molar-refractivity contribution in [3.63, 3.8) is 0 Å². The molecule has 0 bridgehead atoms. The van der Waals surface area contributed by atoms with E-state index in [1.54, 1.807) is 38.1 Å². The molecular formula is C33H32ClNO5. The largest absolute Gasteiger partial charge is 0.507 e. The minimum atomic E-state index is -1.05. The summed E-state index contributed by atoms with van der Waals surface area (Å²) >= 11 is 6.06. The van der Waals surface area contributed by atoms with E-state index in [0.717, 1.165) is 11.1 Å². The maximum atomic E-state index is 14.1. The first-order valence-electron chi connectivity index (χ1n) is 13.8. The fraction of sp³-hybridized carbons (Fsp3) is 0.394. The van der Waals surface area contributed by atoms with Crippen molar-refractivity contribution in [2.75, 3.05) is 4.90 Å². The quantitative estimate of drug-likeness (QED) is 0.360. The molecule has 1 saturated carbocycles. The van der Waals surface area contributed by atoms with Crippen LogP contribution < -0.4 is 4.90 Å². The van der Waals surface area contributed by atoms with E-state index in [9.17, 15) is 24.3 Å². The van der Waals surface area contributed by atoms with E-state index in [1.165, 1.54) is 4.90 Å². The Labute approximate surface area is 238 Å². The Morgan fingerprint density at radius 2 is 1.52 bits per heavy atom. The molecule has 0 spiro atoms. The van der Waals surface area contributed by atoms with Gasteiger partial charge in [-0.3, -0.25) is 24.1 Å². The Bertz CT molecular complexity index is 1560.